The van der Waals surface area contributed by atoms with E-state index in [0.717, 1.165) is 16.4 Å². The Kier molecular flexibility index (Phi) is 3.59. The molecule has 1 aliphatic rings. The quantitative estimate of drug-likeness (QED) is 0.798. The Morgan fingerprint density at radius 2 is 1.78 bits per heavy atom. The molecule has 0 atom stereocenters. The molecule has 0 spiro atoms. The van der Waals surface area contributed by atoms with Crippen molar-refractivity contribution in [3.8, 4) is 0 Å². The van der Waals surface area contributed by atoms with Crippen molar-refractivity contribution in [3.05, 3.63) is 82.8 Å². The van der Waals surface area contributed by atoms with E-state index < -0.39 is 0 Å². The monoisotopic (exact) mass is 324 g/mol. The summed E-state index contributed by atoms with van der Waals surface area (Å²) >= 11 is 1.50. The van der Waals surface area contributed by atoms with Gasteiger partial charge in [0.2, 0.25) is 5.16 Å². The van der Waals surface area contributed by atoms with Crippen molar-refractivity contribution in [1.82, 2.24) is 14.9 Å². The summed E-state index contributed by atoms with van der Waals surface area (Å²) in [6.45, 7) is 0. The lowest BCUT2D eigenvalue weighted by Gasteiger charge is -2.19. The average molecular weight is 324 g/mol. The number of rotatable bonds is 3. The van der Waals surface area contributed by atoms with E-state index in [0.29, 0.717) is 17.8 Å². The lowest BCUT2D eigenvalue weighted by Crippen LogP contribution is -2.20. The van der Waals surface area contributed by atoms with E-state index in [1.54, 1.807) is 12.1 Å². The molecule has 3 aromatic rings. The second kappa shape index (κ2) is 5.89. The van der Waals surface area contributed by atoms with Crippen LogP contribution in [0, 0.1) is 5.82 Å². The molecule has 1 aromatic heterocycles. The zero-order valence-electron chi connectivity index (χ0n) is 12.1. The minimum atomic E-state index is -0.230. The first-order valence-electron chi connectivity index (χ1n) is 7.18. The molecule has 6 heteroatoms. The van der Waals surface area contributed by atoms with E-state index >= 15 is 0 Å². The summed E-state index contributed by atoms with van der Waals surface area (Å²) < 4.78 is 15.7. The Morgan fingerprint density at radius 1 is 1.00 bits per heavy atom. The number of thioether (sulfide) groups is 1. The molecule has 0 aliphatic carbocycles. The topological polar surface area (TPSA) is 42.7 Å². The van der Waals surface area contributed by atoms with Crippen LogP contribution in [0.5, 0.6) is 0 Å². The maximum Gasteiger partial charge on any atom is 0.214 e. The summed E-state index contributed by atoms with van der Waals surface area (Å²) in [7, 11) is 0. The van der Waals surface area contributed by atoms with Gasteiger partial charge in [-0.3, -0.25) is 5.43 Å². The van der Waals surface area contributed by atoms with Crippen LogP contribution in [0.25, 0.3) is 5.70 Å². The van der Waals surface area contributed by atoms with Gasteiger partial charge in [0.1, 0.15) is 5.82 Å². The molecule has 4 nitrogen and oxygen atoms in total. The smallest absolute Gasteiger partial charge is 0.214 e. The highest BCUT2D eigenvalue weighted by atomic mass is 32.2. The van der Waals surface area contributed by atoms with Crippen molar-refractivity contribution in [2.45, 2.75) is 11.6 Å². The zero-order valence-corrected chi connectivity index (χ0v) is 12.9. The third kappa shape index (κ3) is 2.73. The molecule has 114 valence electrons. The Balaban J connectivity index is 1.63. The minimum absolute atomic E-state index is 0.230. The van der Waals surface area contributed by atoms with E-state index in [9.17, 15) is 4.39 Å². The minimum Gasteiger partial charge on any atom is -0.290 e. The van der Waals surface area contributed by atoms with Crippen LogP contribution in [0.2, 0.25) is 0 Å². The average Bonchev–Trinajstić information content (AvgIpc) is 3.00. The molecule has 0 saturated heterocycles. The fraction of sp³-hybridized carbons (Fsp3) is 0.0588. The molecule has 23 heavy (non-hydrogen) atoms. The number of nitrogens with zero attached hydrogens (tertiary/aromatic N) is 3. The molecule has 0 saturated carbocycles. The lowest BCUT2D eigenvalue weighted by atomic mass is 10.1. The van der Waals surface area contributed by atoms with Crippen LogP contribution in [-0.4, -0.2) is 14.9 Å². The van der Waals surface area contributed by atoms with Gasteiger partial charge in [-0.1, -0.05) is 60.3 Å². The summed E-state index contributed by atoms with van der Waals surface area (Å²) in [6.07, 6.45) is 0.384. The molecule has 2 aromatic carbocycles. The van der Waals surface area contributed by atoms with Gasteiger partial charge in [-0.2, -0.15) is 0 Å². The third-order valence-electron chi connectivity index (χ3n) is 3.61. The second-order valence-corrected chi connectivity index (χ2v) is 5.97. The van der Waals surface area contributed by atoms with Gasteiger partial charge in [-0.05, 0) is 17.2 Å². The molecule has 4 rings (SSSR count). The third-order valence-corrected chi connectivity index (χ3v) is 4.43. The van der Waals surface area contributed by atoms with Crippen molar-refractivity contribution < 1.29 is 4.39 Å². The number of benzene rings is 2. The number of hydrogen-bond donors (Lipinski definition) is 1. The molecule has 0 amide bonds. The SMILES string of the molecule is Fc1ccccc1Cc1nnc2n1NC(c1ccccc1)=CS2. The van der Waals surface area contributed by atoms with Gasteiger partial charge in [0.05, 0.1) is 5.70 Å². The van der Waals surface area contributed by atoms with Gasteiger partial charge in [0.15, 0.2) is 5.82 Å². The Hall–Kier alpha value is -2.60. The van der Waals surface area contributed by atoms with Crippen LogP contribution in [-0.2, 0) is 6.42 Å². The van der Waals surface area contributed by atoms with Crippen LogP contribution in [0.3, 0.4) is 0 Å². The molecular formula is C17H13FN4S. The Bertz CT molecular complexity index is 873. The summed E-state index contributed by atoms with van der Waals surface area (Å²) in [5.41, 5.74) is 5.96. The predicted octanol–water partition coefficient (Wildman–Crippen LogP) is 3.66. The predicted molar refractivity (Wildman–Crippen MR) is 88.9 cm³/mol. The first-order chi connectivity index (χ1) is 11.3. The van der Waals surface area contributed by atoms with E-state index in [4.69, 9.17) is 0 Å². The first-order valence-corrected chi connectivity index (χ1v) is 8.06. The molecule has 0 unspecified atom stereocenters. The molecule has 2 heterocycles. The lowest BCUT2D eigenvalue weighted by molar-refractivity contribution is 0.610. The highest BCUT2D eigenvalue weighted by Crippen LogP contribution is 2.28. The highest BCUT2D eigenvalue weighted by molar-refractivity contribution is 8.02. The van der Waals surface area contributed by atoms with Crippen molar-refractivity contribution in [1.29, 1.82) is 0 Å². The van der Waals surface area contributed by atoms with Crippen LogP contribution >= 0.6 is 11.8 Å². The van der Waals surface area contributed by atoms with Crippen LogP contribution in [0.4, 0.5) is 4.39 Å². The summed E-state index contributed by atoms with van der Waals surface area (Å²) in [6, 6.07) is 16.8. The zero-order chi connectivity index (χ0) is 15.6. The van der Waals surface area contributed by atoms with E-state index in [2.05, 4.69) is 15.6 Å². The van der Waals surface area contributed by atoms with Crippen LogP contribution < -0.4 is 5.43 Å². The van der Waals surface area contributed by atoms with Gasteiger partial charge in [0, 0.05) is 11.8 Å². The number of hydrogen-bond acceptors (Lipinski definition) is 4. The normalized spacial score (nSPS) is 13.2. The highest BCUT2D eigenvalue weighted by Gasteiger charge is 2.19. The number of nitrogens with one attached hydrogen (secondary N) is 1. The van der Waals surface area contributed by atoms with Crippen LogP contribution in [0.1, 0.15) is 17.0 Å². The van der Waals surface area contributed by atoms with Gasteiger partial charge >= 0.3 is 0 Å². The molecule has 1 N–H and O–H groups in total. The van der Waals surface area contributed by atoms with Crippen molar-refractivity contribution in [3.63, 3.8) is 0 Å². The fourth-order valence-electron chi connectivity index (χ4n) is 2.42. The maximum absolute atomic E-state index is 13.9. The second-order valence-electron chi connectivity index (χ2n) is 5.13. The molecular weight excluding hydrogens is 311 g/mol. The number of fused-ring (bicyclic) bond motifs is 1. The van der Waals surface area contributed by atoms with Gasteiger partial charge in [-0.25, -0.2) is 9.07 Å². The summed E-state index contributed by atoms with van der Waals surface area (Å²) in [4.78, 5) is 0. The molecule has 1 aliphatic heterocycles. The number of aromatic nitrogens is 3. The molecule has 0 radical (unpaired) electrons. The van der Waals surface area contributed by atoms with Gasteiger partial charge in [-0.15, -0.1) is 10.2 Å². The van der Waals surface area contributed by atoms with E-state index in [1.807, 2.05) is 46.5 Å². The van der Waals surface area contributed by atoms with E-state index in [1.165, 1.54) is 17.8 Å². The maximum atomic E-state index is 13.9. The van der Waals surface area contributed by atoms with Crippen molar-refractivity contribution in [2.24, 2.45) is 0 Å². The summed E-state index contributed by atoms with van der Waals surface area (Å²) in [5.74, 6) is 0.450. The van der Waals surface area contributed by atoms with E-state index in [-0.39, 0.29) is 5.82 Å². The van der Waals surface area contributed by atoms with Crippen molar-refractivity contribution >= 4 is 17.5 Å². The van der Waals surface area contributed by atoms with Crippen molar-refractivity contribution in [2.75, 3.05) is 5.43 Å². The first kappa shape index (κ1) is 14.0. The number of halogens is 1. The molecule has 0 fully saturated rings. The molecule has 0 bridgehead atoms. The largest absolute Gasteiger partial charge is 0.290 e. The van der Waals surface area contributed by atoms with Gasteiger partial charge < -0.3 is 0 Å². The fourth-order valence-corrected chi connectivity index (χ4v) is 3.18. The Labute approximate surface area is 137 Å². The Morgan fingerprint density at radius 3 is 2.61 bits per heavy atom. The standard InChI is InChI=1S/C17H13FN4S/c18-14-9-5-4-8-13(14)10-16-19-20-17-22(16)21-15(11-23-17)12-6-2-1-3-7-12/h1-9,11,21H,10H2. The summed E-state index contributed by atoms with van der Waals surface area (Å²) in [5, 5.41) is 11.1. The van der Waals surface area contributed by atoms with Gasteiger partial charge in [0.25, 0.3) is 0 Å². The van der Waals surface area contributed by atoms with Crippen LogP contribution in [0.15, 0.2) is 65.2 Å².